The number of aryl methyl sites for hydroxylation is 1. The summed E-state index contributed by atoms with van der Waals surface area (Å²) in [4.78, 5) is 32.1. The number of thiophene rings is 3. The van der Waals surface area contributed by atoms with Gasteiger partial charge in [-0.05, 0) is 54.8 Å². The zero-order valence-electron chi connectivity index (χ0n) is 18.4. The minimum Gasteiger partial charge on any atom is -0.349 e. The fourth-order valence-electron chi connectivity index (χ4n) is 4.35. The predicted molar refractivity (Wildman–Crippen MR) is 135 cm³/mol. The summed E-state index contributed by atoms with van der Waals surface area (Å²) in [5, 5.41) is 13.7. The van der Waals surface area contributed by atoms with Gasteiger partial charge in [-0.25, -0.2) is 5.01 Å². The lowest BCUT2D eigenvalue weighted by Crippen LogP contribution is -2.47. The first-order chi connectivity index (χ1) is 16.1. The van der Waals surface area contributed by atoms with Crippen molar-refractivity contribution in [1.82, 2.24) is 15.2 Å². The molecule has 1 saturated heterocycles. The van der Waals surface area contributed by atoms with Gasteiger partial charge >= 0.3 is 0 Å². The zero-order valence-corrected chi connectivity index (χ0v) is 20.8. The topological polar surface area (TPSA) is 65.0 Å². The van der Waals surface area contributed by atoms with Crippen molar-refractivity contribution in [3.8, 4) is 0 Å². The van der Waals surface area contributed by atoms with Crippen LogP contribution in [-0.2, 0) is 4.79 Å². The summed E-state index contributed by atoms with van der Waals surface area (Å²) in [7, 11) is 0. The molecule has 0 spiro atoms. The molecule has 6 nitrogen and oxygen atoms in total. The second kappa shape index (κ2) is 9.89. The molecule has 9 heteroatoms. The lowest BCUT2D eigenvalue weighted by Gasteiger charge is -2.33. The summed E-state index contributed by atoms with van der Waals surface area (Å²) in [5.74, 6) is 0.0467. The van der Waals surface area contributed by atoms with Crippen molar-refractivity contribution in [2.45, 2.75) is 38.3 Å². The quantitative estimate of drug-likeness (QED) is 0.533. The average Bonchev–Trinajstić information content (AvgIpc) is 3.61. The third-order valence-electron chi connectivity index (χ3n) is 6.09. The molecular weight excluding hydrogens is 472 g/mol. The predicted octanol–water partition coefficient (Wildman–Crippen LogP) is 4.75. The fraction of sp³-hybridized carbons (Fsp3) is 0.375. The van der Waals surface area contributed by atoms with Gasteiger partial charge in [-0.15, -0.1) is 34.0 Å². The SMILES string of the molecule is Cc1ccc(C(=O)NC2CCN(CC(=O)N3N=C(c4cccs4)CC3c3cccs3)CC2)s1. The van der Waals surface area contributed by atoms with Crippen LogP contribution in [-0.4, -0.2) is 53.1 Å². The molecule has 1 unspecified atom stereocenters. The van der Waals surface area contributed by atoms with Crippen LogP contribution in [0.4, 0.5) is 0 Å². The third-order valence-corrected chi connectivity index (χ3v) is 8.98. The summed E-state index contributed by atoms with van der Waals surface area (Å²) in [6.07, 6.45) is 2.45. The number of carbonyl (C=O) groups excluding carboxylic acids is 2. The Morgan fingerprint density at radius 2 is 1.88 bits per heavy atom. The van der Waals surface area contributed by atoms with E-state index in [0.29, 0.717) is 6.54 Å². The molecule has 0 radical (unpaired) electrons. The number of carbonyl (C=O) groups is 2. The van der Waals surface area contributed by atoms with Gasteiger partial charge in [0.25, 0.3) is 11.8 Å². The molecule has 5 rings (SSSR count). The van der Waals surface area contributed by atoms with Gasteiger partial charge in [0, 0.05) is 35.3 Å². The molecule has 1 atom stereocenters. The van der Waals surface area contributed by atoms with Crippen LogP contribution in [0.2, 0.25) is 0 Å². The highest BCUT2D eigenvalue weighted by Gasteiger charge is 2.35. The monoisotopic (exact) mass is 498 g/mol. The van der Waals surface area contributed by atoms with E-state index in [9.17, 15) is 9.59 Å². The number of nitrogens with one attached hydrogen (secondary N) is 1. The largest absolute Gasteiger partial charge is 0.349 e. The molecule has 0 saturated carbocycles. The maximum Gasteiger partial charge on any atom is 0.261 e. The molecule has 33 heavy (non-hydrogen) atoms. The second-order valence-electron chi connectivity index (χ2n) is 8.43. The first-order valence-corrected chi connectivity index (χ1v) is 13.7. The van der Waals surface area contributed by atoms with Crippen LogP contribution in [0.25, 0.3) is 0 Å². The Balaban J connectivity index is 1.19. The standard InChI is InChI=1S/C24H26N4O2S3/c1-16-6-7-22(33-16)24(30)25-17-8-10-27(11-9-17)15-23(29)28-19(21-5-3-13-32-21)14-18(26-28)20-4-2-12-31-20/h2-7,12-13,17,19H,8-11,14-15H2,1H3,(H,25,30). The lowest BCUT2D eigenvalue weighted by molar-refractivity contribution is -0.134. The zero-order chi connectivity index (χ0) is 22.8. The van der Waals surface area contributed by atoms with E-state index in [1.54, 1.807) is 27.7 Å². The van der Waals surface area contributed by atoms with Gasteiger partial charge in [0.2, 0.25) is 0 Å². The molecule has 172 valence electrons. The Hall–Kier alpha value is -2.33. The number of amides is 2. The molecule has 0 aliphatic carbocycles. The van der Waals surface area contributed by atoms with Gasteiger partial charge in [-0.1, -0.05) is 12.1 Å². The van der Waals surface area contributed by atoms with Crippen LogP contribution < -0.4 is 5.32 Å². The minimum atomic E-state index is -0.0271. The van der Waals surface area contributed by atoms with E-state index in [1.165, 1.54) is 16.2 Å². The van der Waals surface area contributed by atoms with Crippen molar-refractivity contribution in [1.29, 1.82) is 0 Å². The number of likely N-dealkylation sites (tertiary alicyclic amines) is 1. The number of piperidine rings is 1. The van der Waals surface area contributed by atoms with E-state index in [2.05, 4.69) is 27.7 Å². The van der Waals surface area contributed by atoms with Crippen molar-refractivity contribution in [3.05, 3.63) is 66.7 Å². The molecule has 1 N–H and O–H groups in total. The van der Waals surface area contributed by atoms with E-state index in [4.69, 9.17) is 5.10 Å². The Kier molecular flexibility index (Phi) is 6.73. The smallest absolute Gasteiger partial charge is 0.261 e. The van der Waals surface area contributed by atoms with E-state index in [1.807, 2.05) is 36.6 Å². The maximum atomic E-state index is 13.3. The van der Waals surface area contributed by atoms with Gasteiger partial charge < -0.3 is 5.32 Å². The fourth-order valence-corrected chi connectivity index (χ4v) is 6.65. The summed E-state index contributed by atoms with van der Waals surface area (Å²) in [6, 6.07) is 12.2. The first kappa shape index (κ1) is 22.5. The average molecular weight is 499 g/mol. The van der Waals surface area contributed by atoms with Gasteiger partial charge in [-0.2, -0.15) is 5.10 Å². The van der Waals surface area contributed by atoms with E-state index in [-0.39, 0.29) is 23.9 Å². The Bertz CT molecular complexity index is 1130. The number of rotatable bonds is 6. The first-order valence-electron chi connectivity index (χ1n) is 11.1. The molecule has 5 heterocycles. The number of hydrogen-bond donors (Lipinski definition) is 1. The van der Waals surface area contributed by atoms with Crippen LogP contribution in [0.15, 0.2) is 52.3 Å². The summed E-state index contributed by atoms with van der Waals surface area (Å²) >= 11 is 4.86. The molecule has 3 aromatic rings. The van der Waals surface area contributed by atoms with Crippen LogP contribution >= 0.6 is 34.0 Å². The maximum absolute atomic E-state index is 13.3. The van der Waals surface area contributed by atoms with E-state index < -0.39 is 0 Å². The Morgan fingerprint density at radius 3 is 2.55 bits per heavy atom. The molecule has 2 aliphatic rings. The normalized spacial score (nSPS) is 19.6. The van der Waals surface area contributed by atoms with Crippen molar-refractivity contribution < 1.29 is 9.59 Å². The van der Waals surface area contributed by atoms with Gasteiger partial charge in [0.05, 0.1) is 28.1 Å². The number of hydrazone groups is 1. The molecule has 3 aromatic heterocycles. The van der Waals surface area contributed by atoms with Crippen LogP contribution in [0, 0.1) is 6.92 Å². The van der Waals surface area contributed by atoms with Gasteiger partial charge in [0.1, 0.15) is 0 Å². The van der Waals surface area contributed by atoms with Crippen molar-refractivity contribution in [3.63, 3.8) is 0 Å². The van der Waals surface area contributed by atoms with Crippen molar-refractivity contribution in [2.75, 3.05) is 19.6 Å². The van der Waals surface area contributed by atoms with E-state index in [0.717, 1.165) is 52.7 Å². The molecule has 0 bridgehead atoms. The second-order valence-corrected chi connectivity index (χ2v) is 11.6. The highest BCUT2D eigenvalue weighted by atomic mass is 32.1. The molecule has 1 fully saturated rings. The van der Waals surface area contributed by atoms with Gasteiger partial charge in [-0.3, -0.25) is 14.5 Å². The minimum absolute atomic E-state index is 0.00827. The molecule has 2 aliphatic heterocycles. The number of nitrogens with zero attached hydrogens (tertiary/aromatic N) is 3. The number of hydrogen-bond acceptors (Lipinski definition) is 7. The van der Waals surface area contributed by atoms with Crippen LogP contribution in [0.3, 0.4) is 0 Å². The summed E-state index contributed by atoms with van der Waals surface area (Å²) in [5.41, 5.74) is 0.988. The van der Waals surface area contributed by atoms with Crippen molar-refractivity contribution in [2.24, 2.45) is 5.10 Å². The van der Waals surface area contributed by atoms with Crippen LogP contribution in [0.5, 0.6) is 0 Å². The molecular formula is C24H26N4O2S3. The van der Waals surface area contributed by atoms with Gasteiger partial charge in [0.15, 0.2) is 0 Å². The summed E-state index contributed by atoms with van der Waals surface area (Å²) < 4.78 is 0. The van der Waals surface area contributed by atoms with Crippen LogP contribution in [0.1, 0.15) is 49.6 Å². The van der Waals surface area contributed by atoms with E-state index >= 15 is 0 Å². The molecule has 0 aromatic carbocycles. The lowest BCUT2D eigenvalue weighted by atomic mass is 10.0. The summed E-state index contributed by atoms with van der Waals surface area (Å²) in [6.45, 7) is 3.94. The third kappa shape index (κ3) is 5.11. The Labute approximate surface area is 205 Å². The Morgan fingerprint density at radius 1 is 1.09 bits per heavy atom. The van der Waals surface area contributed by atoms with Crippen molar-refractivity contribution >= 4 is 51.5 Å². The molecule has 2 amide bonds. The highest BCUT2D eigenvalue weighted by molar-refractivity contribution is 7.14. The highest BCUT2D eigenvalue weighted by Crippen LogP contribution is 2.36.